The number of hydrogen-bond acceptors (Lipinski definition) is 2. The molecule has 12 heavy (non-hydrogen) atoms. The zero-order valence-electron chi connectivity index (χ0n) is 6.99. The molecule has 1 aromatic carbocycles. The molecule has 1 N–H and O–H groups in total. The van der Waals surface area contributed by atoms with Gasteiger partial charge in [-0.05, 0) is 23.9 Å². The van der Waals surface area contributed by atoms with Gasteiger partial charge >= 0.3 is 0 Å². The van der Waals surface area contributed by atoms with E-state index in [2.05, 4.69) is 0 Å². The topological polar surface area (TPSA) is 23.5 Å². The normalized spacial score (nSPS) is 14.6. The van der Waals surface area contributed by atoms with Crippen molar-refractivity contribution in [2.45, 2.75) is 6.54 Å². The Morgan fingerprint density at radius 3 is 3.08 bits per heavy atom. The molecule has 0 unspecified atom stereocenters. The lowest BCUT2D eigenvalue weighted by atomic mass is 10.0. The van der Waals surface area contributed by atoms with Crippen LogP contribution in [-0.2, 0) is 6.54 Å². The van der Waals surface area contributed by atoms with Gasteiger partial charge in [0.15, 0.2) is 0 Å². The summed E-state index contributed by atoms with van der Waals surface area (Å²) in [6.07, 6.45) is 4.03. The van der Waals surface area contributed by atoms with Gasteiger partial charge in [0.1, 0.15) is 5.75 Å². The number of benzene rings is 1. The smallest absolute Gasteiger partial charge is 0.121 e. The minimum atomic E-state index is 0.392. The fourth-order valence-corrected chi connectivity index (χ4v) is 1.43. The summed E-state index contributed by atoms with van der Waals surface area (Å²) in [4.78, 5) is 2.04. The molecular formula is C10H11NO. The van der Waals surface area contributed by atoms with Crippen LogP contribution >= 0.6 is 0 Å². The van der Waals surface area contributed by atoms with Crippen LogP contribution in [-0.4, -0.2) is 17.1 Å². The van der Waals surface area contributed by atoms with Gasteiger partial charge < -0.3 is 10.0 Å². The van der Waals surface area contributed by atoms with Gasteiger partial charge in [0.2, 0.25) is 0 Å². The fourth-order valence-electron chi connectivity index (χ4n) is 1.43. The molecule has 1 aromatic rings. The second kappa shape index (κ2) is 2.55. The van der Waals surface area contributed by atoms with Gasteiger partial charge in [-0.1, -0.05) is 12.1 Å². The van der Waals surface area contributed by atoms with Crippen LogP contribution in [0.1, 0.15) is 11.1 Å². The van der Waals surface area contributed by atoms with E-state index in [0.29, 0.717) is 5.75 Å². The molecule has 1 heterocycles. The number of aromatic hydroxyl groups is 1. The van der Waals surface area contributed by atoms with E-state index in [1.54, 1.807) is 6.07 Å². The maximum atomic E-state index is 9.51. The molecule has 0 aliphatic carbocycles. The van der Waals surface area contributed by atoms with Gasteiger partial charge in [-0.25, -0.2) is 0 Å². The third-order valence-corrected chi connectivity index (χ3v) is 2.10. The first-order chi connectivity index (χ1) is 5.77. The van der Waals surface area contributed by atoms with Crippen molar-refractivity contribution in [2.75, 3.05) is 7.05 Å². The summed E-state index contributed by atoms with van der Waals surface area (Å²) in [5.74, 6) is 0.392. The van der Waals surface area contributed by atoms with Gasteiger partial charge in [0.05, 0.1) is 0 Å². The summed E-state index contributed by atoms with van der Waals surface area (Å²) in [5.41, 5.74) is 2.13. The van der Waals surface area contributed by atoms with Crippen LogP contribution in [0.2, 0.25) is 0 Å². The summed E-state index contributed by atoms with van der Waals surface area (Å²) in [6, 6.07) is 5.61. The van der Waals surface area contributed by atoms with Crippen LogP contribution in [0.3, 0.4) is 0 Å². The lowest BCUT2D eigenvalue weighted by Crippen LogP contribution is -2.14. The Labute approximate surface area is 71.7 Å². The van der Waals surface area contributed by atoms with E-state index in [1.165, 1.54) is 0 Å². The number of nitrogens with zero attached hydrogens (tertiary/aromatic N) is 1. The molecule has 0 saturated heterocycles. The van der Waals surface area contributed by atoms with Crippen LogP contribution in [0.4, 0.5) is 0 Å². The first-order valence-electron chi connectivity index (χ1n) is 3.96. The van der Waals surface area contributed by atoms with Gasteiger partial charge in [-0.15, -0.1) is 0 Å². The van der Waals surface area contributed by atoms with Crippen molar-refractivity contribution in [3.8, 4) is 5.75 Å². The van der Waals surface area contributed by atoms with Crippen molar-refractivity contribution in [1.82, 2.24) is 4.90 Å². The third-order valence-electron chi connectivity index (χ3n) is 2.10. The van der Waals surface area contributed by atoms with Gasteiger partial charge in [-0.2, -0.15) is 0 Å². The van der Waals surface area contributed by atoms with Gasteiger partial charge in [0, 0.05) is 19.2 Å². The third kappa shape index (κ3) is 1.05. The lowest BCUT2D eigenvalue weighted by Gasteiger charge is -2.21. The van der Waals surface area contributed by atoms with E-state index in [9.17, 15) is 5.11 Å². The largest absolute Gasteiger partial charge is 0.508 e. The van der Waals surface area contributed by atoms with Crippen molar-refractivity contribution in [2.24, 2.45) is 0 Å². The van der Waals surface area contributed by atoms with Crippen molar-refractivity contribution in [3.63, 3.8) is 0 Å². The highest BCUT2D eigenvalue weighted by Crippen LogP contribution is 2.26. The molecule has 1 aliphatic rings. The van der Waals surface area contributed by atoms with E-state index in [0.717, 1.165) is 17.7 Å². The highest BCUT2D eigenvalue weighted by Gasteiger charge is 2.10. The molecule has 1 aliphatic heterocycles. The standard InChI is InChI=1S/C10H11NO/c1-11-6-5-8-3-2-4-10(12)9(8)7-11/h2-6,12H,7H2,1H3. The highest BCUT2D eigenvalue weighted by molar-refractivity contribution is 5.59. The SMILES string of the molecule is CN1C=Cc2cccc(O)c2C1. The van der Waals surface area contributed by atoms with Crippen molar-refractivity contribution in [1.29, 1.82) is 0 Å². The average molecular weight is 161 g/mol. The van der Waals surface area contributed by atoms with E-state index in [-0.39, 0.29) is 0 Å². The zero-order valence-corrected chi connectivity index (χ0v) is 6.99. The average Bonchev–Trinajstić information content (AvgIpc) is 2.07. The fraction of sp³-hybridized carbons (Fsp3) is 0.200. The predicted octanol–water partition coefficient (Wildman–Crippen LogP) is 1.81. The zero-order chi connectivity index (χ0) is 8.55. The first kappa shape index (κ1) is 7.22. The number of rotatable bonds is 0. The molecule has 62 valence electrons. The molecule has 0 aromatic heterocycles. The van der Waals surface area contributed by atoms with E-state index < -0.39 is 0 Å². The minimum Gasteiger partial charge on any atom is -0.508 e. The van der Waals surface area contributed by atoms with Crippen molar-refractivity contribution in [3.05, 3.63) is 35.5 Å². The molecule has 2 heteroatoms. The van der Waals surface area contributed by atoms with E-state index in [4.69, 9.17) is 0 Å². The molecule has 0 bridgehead atoms. The van der Waals surface area contributed by atoms with Gasteiger partial charge in [0.25, 0.3) is 0 Å². The maximum absolute atomic E-state index is 9.51. The Hall–Kier alpha value is -1.44. The molecule has 2 rings (SSSR count). The van der Waals surface area contributed by atoms with E-state index >= 15 is 0 Å². The molecule has 2 nitrogen and oxygen atoms in total. The minimum absolute atomic E-state index is 0.392. The predicted molar refractivity (Wildman–Crippen MR) is 48.6 cm³/mol. The molecule has 0 fully saturated rings. The number of fused-ring (bicyclic) bond motifs is 1. The summed E-state index contributed by atoms with van der Waals surface area (Å²) in [6.45, 7) is 0.790. The van der Waals surface area contributed by atoms with Crippen molar-refractivity contribution >= 4 is 6.08 Å². The Bertz CT molecular complexity index is 331. The summed E-state index contributed by atoms with van der Waals surface area (Å²) < 4.78 is 0. The van der Waals surface area contributed by atoms with Crippen LogP contribution < -0.4 is 0 Å². The van der Waals surface area contributed by atoms with Crippen molar-refractivity contribution < 1.29 is 5.11 Å². The van der Waals surface area contributed by atoms with Crippen LogP contribution in [0.25, 0.3) is 6.08 Å². The lowest BCUT2D eigenvalue weighted by molar-refractivity contribution is 0.416. The number of phenols is 1. The molecular weight excluding hydrogens is 150 g/mol. The summed E-state index contributed by atoms with van der Waals surface area (Å²) >= 11 is 0. The second-order valence-corrected chi connectivity index (χ2v) is 3.08. The second-order valence-electron chi connectivity index (χ2n) is 3.08. The first-order valence-corrected chi connectivity index (χ1v) is 3.96. The Kier molecular flexibility index (Phi) is 1.54. The van der Waals surface area contributed by atoms with Crippen LogP contribution in [0.15, 0.2) is 24.4 Å². The quantitative estimate of drug-likeness (QED) is 0.627. The summed E-state index contributed by atoms with van der Waals surface area (Å²) in [5, 5.41) is 9.51. The molecule has 0 atom stereocenters. The Morgan fingerprint density at radius 1 is 1.42 bits per heavy atom. The Balaban J connectivity index is 2.53. The number of phenolic OH excluding ortho intramolecular Hbond substituents is 1. The monoisotopic (exact) mass is 161 g/mol. The highest BCUT2D eigenvalue weighted by atomic mass is 16.3. The van der Waals surface area contributed by atoms with E-state index in [1.807, 2.05) is 36.4 Å². The maximum Gasteiger partial charge on any atom is 0.121 e. The molecule has 0 radical (unpaired) electrons. The number of hydrogen-bond donors (Lipinski definition) is 1. The molecule has 0 amide bonds. The van der Waals surface area contributed by atoms with Crippen LogP contribution in [0, 0.1) is 0 Å². The molecule has 0 saturated carbocycles. The molecule has 0 spiro atoms. The van der Waals surface area contributed by atoms with Gasteiger partial charge in [-0.3, -0.25) is 0 Å². The van der Waals surface area contributed by atoms with Crippen LogP contribution in [0.5, 0.6) is 5.75 Å². The summed E-state index contributed by atoms with van der Waals surface area (Å²) in [7, 11) is 1.99. The Morgan fingerprint density at radius 2 is 2.25 bits per heavy atom.